The van der Waals surface area contributed by atoms with Gasteiger partial charge in [-0.15, -0.1) is 0 Å². The van der Waals surface area contributed by atoms with Crippen LogP contribution in [0.5, 0.6) is 5.75 Å². The third-order valence-corrected chi connectivity index (χ3v) is 5.03. The maximum absolute atomic E-state index is 13.0. The van der Waals surface area contributed by atoms with Crippen LogP contribution in [0.15, 0.2) is 42.5 Å². The molecule has 1 aliphatic rings. The highest BCUT2D eigenvalue weighted by Gasteiger charge is 2.25. The Labute approximate surface area is 168 Å². The van der Waals surface area contributed by atoms with E-state index in [0.717, 1.165) is 5.56 Å². The molecule has 0 atom stereocenters. The number of carbonyl (C=O) groups is 2. The molecule has 2 aromatic carbocycles. The molecule has 7 heteroatoms. The van der Waals surface area contributed by atoms with E-state index in [2.05, 4.69) is 0 Å². The van der Waals surface area contributed by atoms with Crippen molar-refractivity contribution in [3.05, 3.63) is 64.4 Å². The number of methoxy groups -OCH3 is 1. The first-order valence-corrected chi connectivity index (χ1v) is 9.51. The summed E-state index contributed by atoms with van der Waals surface area (Å²) in [6.07, 6.45) is 0.903. The topological polar surface area (TPSA) is 49.9 Å². The molecule has 3 rings (SSSR count). The van der Waals surface area contributed by atoms with Crippen LogP contribution in [0, 0.1) is 5.82 Å². The molecule has 0 N–H and O–H groups in total. The van der Waals surface area contributed by atoms with Crippen molar-refractivity contribution in [2.75, 3.05) is 33.3 Å². The zero-order valence-electron chi connectivity index (χ0n) is 15.7. The average molecular weight is 405 g/mol. The molecule has 2 aromatic rings. The highest BCUT2D eigenvalue weighted by atomic mass is 35.5. The fraction of sp³-hybridized carbons (Fsp3) is 0.333. The van der Waals surface area contributed by atoms with Crippen molar-refractivity contribution >= 4 is 23.4 Å². The van der Waals surface area contributed by atoms with E-state index in [9.17, 15) is 14.0 Å². The Morgan fingerprint density at radius 3 is 2.43 bits per heavy atom. The van der Waals surface area contributed by atoms with Gasteiger partial charge in [0, 0.05) is 31.2 Å². The molecular formula is C21H22ClFN2O3. The van der Waals surface area contributed by atoms with Crippen LogP contribution < -0.4 is 4.74 Å². The number of ether oxygens (including phenoxy) is 1. The number of nitrogens with zero attached hydrogens (tertiary/aromatic N) is 2. The van der Waals surface area contributed by atoms with Crippen molar-refractivity contribution in [1.82, 2.24) is 9.80 Å². The van der Waals surface area contributed by atoms with Crippen molar-refractivity contribution in [2.45, 2.75) is 12.8 Å². The lowest BCUT2D eigenvalue weighted by atomic mass is 10.1. The van der Waals surface area contributed by atoms with Gasteiger partial charge in [0.2, 0.25) is 5.91 Å². The van der Waals surface area contributed by atoms with E-state index < -0.39 is 0 Å². The fourth-order valence-electron chi connectivity index (χ4n) is 3.28. The first-order valence-electron chi connectivity index (χ1n) is 9.13. The molecule has 0 bridgehead atoms. The predicted octanol–water partition coefficient (Wildman–Crippen LogP) is 3.40. The maximum Gasteiger partial charge on any atom is 0.257 e. The van der Waals surface area contributed by atoms with Gasteiger partial charge in [0.1, 0.15) is 11.6 Å². The SMILES string of the molecule is COc1ccc(Cl)cc1C(=O)N1CCCN(C(=O)Cc2ccc(F)cc2)CC1. The minimum atomic E-state index is -0.323. The first kappa shape index (κ1) is 20.1. The normalized spacial score (nSPS) is 14.5. The summed E-state index contributed by atoms with van der Waals surface area (Å²) < 4.78 is 18.3. The predicted molar refractivity (Wildman–Crippen MR) is 105 cm³/mol. The molecule has 28 heavy (non-hydrogen) atoms. The van der Waals surface area contributed by atoms with Gasteiger partial charge in [-0.2, -0.15) is 0 Å². The molecule has 0 aliphatic carbocycles. The van der Waals surface area contributed by atoms with E-state index in [1.807, 2.05) is 0 Å². The number of halogens is 2. The standard InChI is InChI=1S/C21H22ClFN2O3/c1-28-19-8-5-16(22)14-18(19)21(27)25-10-2-9-24(11-12-25)20(26)13-15-3-6-17(23)7-4-15/h3-8,14H,2,9-13H2,1H3. The number of amides is 2. The molecule has 1 fully saturated rings. The molecule has 2 amide bonds. The molecule has 5 nitrogen and oxygen atoms in total. The smallest absolute Gasteiger partial charge is 0.257 e. The highest BCUT2D eigenvalue weighted by molar-refractivity contribution is 6.31. The summed E-state index contributed by atoms with van der Waals surface area (Å²) in [6, 6.07) is 10.9. The van der Waals surface area contributed by atoms with Gasteiger partial charge in [-0.3, -0.25) is 9.59 Å². The fourth-order valence-corrected chi connectivity index (χ4v) is 3.45. The summed E-state index contributed by atoms with van der Waals surface area (Å²) in [5, 5.41) is 0.468. The van der Waals surface area contributed by atoms with Gasteiger partial charge in [0.25, 0.3) is 5.91 Å². The lowest BCUT2D eigenvalue weighted by Crippen LogP contribution is -2.38. The van der Waals surface area contributed by atoms with Gasteiger partial charge >= 0.3 is 0 Å². The van der Waals surface area contributed by atoms with E-state index in [1.54, 1.807) is 40.1 Å². The van der Waals surface area contributed by atoms with E-state index in [-0.39, 0.29) is 24.1 Å². The molecule has 1 saturated heterocycles. The monoisotopic (exact) mass is 404 g/mol. The van der Waals surface area contributed by atoms with Gasteiger partial charge in [0.05, 0.1) is 19.1 Å². The third kappa shape index (κ3) is 4.81. The minimum Gasteiger partial charge on any atom is -0.496 e. The summed E-state index contributed by atoms with van der Waals surface area (Å²) in [7, 11) is 1.51. The second-order valence-electron chi connectivity index (χ2n) is 6.67. The van der Waals surface area contributed by atoms with Crippen LogP contribution in [0.1, 0.15) is 22.3 Å². The van der Waals surface area contributed by atoms with Crippen molar-refractivity contribution < 1.29 is 18.7 Å². The zero-order chi connectivity index (χ0) is 20.1. The number of hydrogen-bond acceptors (Lipinski definition) is 3. The second kappa shape index (κ2) is 9.06. The van der Waals surface area contributed by atoms with Crippen LogP contribution >= 0.6 is 11.6 Å². The largest absolute Gasteiger partial charge is 0.496 e. The molecule has 0 radical (unpaired) electrons. The van der Waals surface area contributed by atoms with Crippen molar-refractivity contribution in [2.24, 2.45) is 0 Å². The summed E-state index contributed by atoms with van der Waals surface area (Å²) in [6.45, 7) is 2.02. The molecule has 0 unspecified atom stereocenters. The van der Waals surface area contributed by atoms with Crippen LogP contribution in [0.2, 0.25) is 5.02 Å². The number of carbonyl (C=O) groups excluding carboxylic acids is 2. The van der Waals surface area contributed by atoms with Crippen molar-refractivity contribution in [1.29, 1.82) is 0 Å². The van der Waals surface area contributed by atoms with Crippen LogP contribution in [0.3, 0.4) is 0 Å². The Morgan fingerprint density at radius 1 is 1.04 bits per heavy atom. The summed E-state index contributed by atoms with van der Waals surface area (Å²) in [4.78, 5) is 29.0. The summed E-state index contributed by atoms with van der Waals surface area (Å²) in [5.74, 6) is -0.0344. The Bertz CT molecular complexity index is 857. The quantitative estimate of drug-likeness (QED) is 0.784. The molecule has 1 heterocycles. The van der Waals surface area contributed by atoms with Crippen molar-refractivity contribution in [3.8, 4) is 5.75 Å². The van der Waals surface area contributed by atoms with Crippen LogP contribution in [-0.4, -0.2) is 54.9 Å². The van der Waals surface area contributed by atoms with Crippen molar-refractivity contribution in [3.63, 3.8) is 0 Å². The van der Waals surface area contributed by atoms with Crippen LogP contribution in [-0.2, 0) is 11.2 Å². The molecule has 1 aliphatic heterocycles. The Kier molecular flexibility index (Phi) is 6.52. The lowest BCUT2D eigenvalue weighted by Gasteiger charge is -2.23. The molecule has 0 spiro atoms. The van der Waals surface area contributed by atoms with Gasteiger partial charge in [0.15, 0.2) is 0 Å². The summed E-state index contributed by atoms with van der Waals surface area (Å²) >= 11 is 6.04. The van der Waals surface area contributed by atoms with Crippen LogP contribution in [0.25, 0.3) is 0 Å². The van der Waals surface area contributed by atoms with Gasteiger partial charge in [-0.25, -0.2) is 4.39 Å². The molecule has 0 aromatic heterocycles. The van der Waals surface area contributed by atoms with Crippen LogP contribution in [0.4, 0.5) is 4.39 Å². The number of rotatable bonds is 4. The average Bonchev–Trinajstić information content (AvgIpc) is 2.95. The second-order valence-corrected chi connectivity index (χ2v) is 7.11. The van der Waals surface area contributed by atoms with E-state index in [0.29, 0.717) is 48.9 Å². The molecular weight excluding hydrogens is 383 g/mol. The van der Waals surface area contributed by atoms with Gasteiger partial charge in [-0.05, 0) is 42.3 Å². The highest BCUT2D eigenvalue weighted by Crippen LogP contribution is 2.24. The third-order valence-electron chi connectivity index (χ3n) is 4.80. The van der Waals surface area contributed by atoms with Gasteiger partial charge in [-0.1, -0.05) is 23.7 Å². The summed E-state index contributed by atoms with van der Waals surface area (Å²) in [5.41, 5.74) is 1.19. The number of benzene rings is 2. The zero-order valence-corrected chi connectivity index (χ0v) is 16.4. The lowest BCUT2D eigenvalue weighted by molar-refractivity contribution is -0.130. The van der Waals surface area contributed by atoms with Gasteiger partial charge < -0.3 is 14.5 Å². The Hall–Kier alpha value is -2.60. The number of hydrogen-bond donors (Lipinski definition) is 0. The van der Waals surface area contributed by atoms with E-state index in [4.69, 9.17) is 16.3 Å². The maximum atomic E-state index is 13.0. The first-order chi connectivity index (χ1) is 13.5. The Balaban J connectivity index is 1.64. The Morgan fingerprint density at radius 2 is 1.71 bits per heavy atom. The molecule has 148 valence electrons. The van der Waals surface area contributed by atoms with E-state index >= 15 is 0 Å². The van der Waals surface area contributed by atoms with E-state index in [1.165, 1.54) is 19.2 Å². The molecule has 0 saturated carbocycles. The minimum absolute atomic E-state index is 0.0266.